The van der Waals surface area contributed by atoms with Crippen LogP contribution in [-0.2, 0) is 17.8 Å². The Kier molecular flexibility index (Phi) is 6.41. The molecule has 6 heteroatoms. The van der Waals surface area contributed by atoms with Crippen molar-refractivity contribution in [1.29, 1.82) is 0 Å². The molecule has 0 atom stereocenters. The van der Waals surface area contributed by atoms with E-state index in [9.17, 15) is 4.79 Å². The van der Waals surface area contributed by atoms with Gasteiger partial charge in [-0.2, -0.15) is 0 Å². The third kappa shape index (κ3) is 4.69. The highest BCUT2D eigenvalue weighted by Crippen LogP contribution is 2.27. The molecule has 0 aliphatic heterocycles. The van der Waals surface area contributed by atoms with E-state index in [0.29, 0.717) is 24.4 Å². The van der Waals surface area contributed by atoms with Crippen LogP contribution in [0.3, 0.4) is 0 Å². The van der Waals surface area contributed by atoms with Gasteiger partial charge in [-0.05, 0) is 54.6 Å². The zero-order valence-corrected chi connectivity index (χ0v) is 18.2. The van der Waals surface area contributed by atoms with Crippen molar-refractivity contribution in [2.24, 2.45) is 0 Å². The SMILES string of the molecule is CSc1ccc(CNC(=O)CCc2c(-c3ccc(Cl)cc3)nc3ccccn23)cc1. The molecule has 0 bridgehead atoms. The Morgan fingerprint density at radius 1 is 1.07 bits per heavy atom. The summed E-state index contributed by atoms with van der Waals surface area (Å²) < 4.78 is 2.05. The average Bonchev–Trinajstić information content (AvgIpc) is 3.15. The van der Waals surface area contributed by atoms with E-state index in [1.54, 1.807) is 11.8 Å². The molecule has 1 amide bonds. The number of benzene rings is 2. The molecule has 152 valence electrons. The molecule has 0 aliphatic rings. The number of aryl methyl sites for hydroxylation is 1. The molecule has 2 aromatic heterocycles. The number of pyridine rings is 1. The number of imidazole rings is 1. The van der Waals surface area contributed by atoms with Gasteiger partial charge in [0.15, 0.2) is 0 Å². The summed E-state index contributed by atoms with van der Waals surface area (Å²) in [6, 6.07) is 21.8. The molecule has 1 N–H and O–H groups in total. The number of nitrogens with zero attached hydrogens (tertiary/aromatic N) is 2. The molecule has 0 spiro atoms. The Morgan fingerprint density at radius 2 is 1.83 bits per heavy atom. The van der Waals surface area contributed by atoms with Gasteiger partial charge in [0.2, 0.25) is 5.91 Å². The van der Waals surface area contributed by atoms with Crippen LogP contribution in [0.25, 0.3) is 16.9 Å². The lowest BCUT2D eigenvalue weighted by molar-refractivity contribution is -0.121. The Balaban J connectivity index is 1.48. The number of carbonyl (C=O) groups is 1. The Hall–Kier alpha value is -2.76. The van der Waals surface area contributed by atoms with Crippen molar-refractivity contribution in [3.63, 3.8) is 0 Å². The molecular formula is C24H22ClN3OS. The van der Waals surface area contributed by atoms with Gasteiger partial charge in [0, 0.05) is 34.6 Å². The third-order valence-electron chi connectivity index (χ3n) is 4.98. The fourth-order valence-electron chi connectivity index (χ4n) is 3.39. The molecule has 0 radical (unpaired) electrons. The van der Waals surface area contributed by atoms with E-state index >= 15 is 0 Å². The van der Waals surface area contributed by atoms with Gasteiger partial charge in [-0.25, -0.2) is 4.98 Å². The first kappa shape index (κ1) is 20.5. The van der Waals surface area contributed by atoms with Crippen LogP contribution < -0.4 is 5.32 Å². The zero-order chi connectivity index (χ0) is 20.9. The standard InChI is InChI=1S/C24H22ClN3OS/c1-30-20-11-5-17(6-12-20)16-26-23(29)14-13-21-24(18-7-9-19(25)10-8-18)27-22-4-2-3-15-28(21)22/h2-12,15H,13-14,16H2,1H3,(H,26,29). The largest absolute Gasteiger partial charge is 0.352 e. The quantitative estimate of drug-likeness (QED) is 0.383. The van der Waals surface area contributed by atoms with Crippen LogP contribution in [0.2, 0.25) is 5.02 Å². The highest BCUT2D eigenvalue weighted by atomic mass is 35.5. The molecule has 0 saturated carbocycles. The summed E-state index contributed by atoms with van der Waals surface area (Å²) in [5.41, 5.74) is 4.86. The topological polar surface area (TPSA) is 46.4 Å². The highest BCUT2D eigenvalue weighted by molar-refractivity contribution is 7.98. The summed E-state index contributed by atoms with van der Waals surface area (Å²) >= 11 is 7.75. The van der Waals surface area contributed by atoms with Crippen LogP contribution in [0.15, 0.2) is 77.8 Å². The van der Waals surface area contributed by atoms with Gasteiger partial charge in [-0.15, -0.1) is 11.8 Å². The minimum atomic E-state index is 0.0249. The molecule has 4 rings (SSSR count). The molecule has 2 heterocycles. The van der Waals surface area contributed by atoms with Gasteiger partial charge in [-0.3, -0.25) is 4.79 Å². The van der Waals surface area contributed by atoms with E-state index in [2.05, 4.69) is 40.2 Å². The number of carbonyl (C=O) groups excluding carboxylic acids is 1. The number of nitrogens with one attached hydrogen (secondary N) is 1. The first-order valence-corrected chi connectivity index (χ1v) is 11.4. The predicted molar refractivity (Wildman–Crippen MR) is 124 cm³/mol. The number of amides is 1. The summed E-state index contributed by atoms with van der Waals surface area (Å²) in [6.45, 7) is 0.532. The van der Waals surface area contributed by atoms with Crippen LogP contribution in [0.4, 0.5) is 0 Å². The van der Waals surface area contributed by atoms with E-state index < -0.39 is 0 Å². The Morgan fingerprint density at radius 3 is 2.57 bits per heavy atom. The second kappa shape index (κ2) is 9.37. The Labute approximate surface area is 185 Å². The fraction of sp³-hybridized carbons (Fsp3) is 0.167. The minimum absolute atomic E-state index is 0.0249. The molecule has 0 aliphatic carbocycles. The minimum Gasteiger partial charge on any atom is -0.352 e. The number of fused-ring (bicyclic) bond motifs is 1. The third-order valence-corrected chi connectivity index (χ3v) is 5.98. The fourth-order valence-corrected chi connectivity index (χ4v) is 3.92. The first-order chi connectivity index (χ1) is 14.6. The zero-order valence-electron chi connectivity index (χ0n) is 16.6. The second-order valence-electron chi connectivity index (χ2n) is 6.97. The normalized spacial score (nSPS) is 11.0. The first-order valence-electron chi connectivity index (χ1n) is 9.75. The summed E-state index contributed by atoms with van der Waals surface area (Å²) in [7, 11) is 0. The number of rotatable bonds is 7. The lowest BCUT2D eigenvalue weighted by Gasteiger charge is -2.08. The maximum absolute atomic E-state index is 12.5. The molecule has 0 saturated heterocycles. The summed E-state index contributed by atoms with van der Waals surface area (Å²) in [5, 5.41) is 3.71. The van der Waals surface area contributed by atoms with Crippen molar-refractivity contribution in [2.45, 2.75) is 24.3 Å². The molecule has 0 fully saturated rings. The van der Waals surface area contributed by atoms with Crippen molar-refractivity contribution in [2.75, 3.05) is 6.26 Å². The van der Waals surface area contributed by atoms with Gasteiger partial charge < -0.3 is 9.72 Å². The van der Waals surface area contributed by atoms with Gasteiger partial charge in [0.25, 0.3) is 0 Å². The molecule has 2 aromatic carbocycles. The van der Waals surface area contributed by atoms with Crippen LogP contribution in [0.5, 0.6) is 0 Å². The van der Waals surface area contributed by atoms with Crippen LogP contribution >= 0.6 is 23.4 Å². The van der Waals surface area contributed by atoms with Crippen molar-refractivity contribution < 1.29 is 4.79 Å². The summed E-state index contributed by atoms with van der Waals surface area (Å²) in [4.78, 5) is 18.5. The number of aromatic nitrogens is 2. The number of hydrogen-bond donors (Lipinski definition) is 1. The molecule has 4 aromatic rings. The van der Waals surface area contributed by atoms with Gasteiger partial charge in [0.05, 0.1) is 11.4 Å². The van der Waals surface area contributed by atoms with Crippen LogP contribution in [0, 0.1) is 0 Å². The maximum Gasteiger partial charge on any atom is 0.220 e. The number of thioether (sulfide) groups is 1. The smallest absolute Gasteiger partial charge is 0.220 e. The van der Waals surface area contributed by atoms with Gasteiger partial charge in [-0.1, -0.05) is 41.9 Å². The van der Waals surface area contributed by atoms with E-state index in [1.165, 1.54) is 4.90 Å². The average molecular weight is 436 g/mol. The van der Waals surface area contributed by atoms with E-state index in [-0.39, 0.29) is 5.91 Å². The predicted octanol–water partition coefficient (Wildman–Crippen LogP) is 5.63. The highest BCUT2D eigenvalue weighted by Gasteiger charge is 2.15. The van der Waals surface area contributed by atoms with Gasteiger partial charge >= 0.3 is 0 Å². The number of hydrogen-bond acceptors (Lipinski definition) is 3. The van der Waals surface area contributed by atoms with Crippen LogP contribution in [-0.4, -0.2) is 21.5 Å². The lowest BCUT2D eigenvalue weighted by atomic mass is 10.1. The van der Waals surface area contributed by atoms with Crippen molar-refractivity contribution in [1.82, 2.24) is 14.7 Å². The van der Waals surface area contributed by atoms with Crippen LogP contribution in [0.1, 0.15) is 17.7 Å². The molecule has 4 nitrogen and oxygen atoms in total. The molecule has 0 unspecified atom stereocenters. The van der Waals surface area contributed by atoms with Crippen molar-refractivity contribution in [3.8, 4) is 11.3 Å². The maximum atomic E-state index is 12.5. The van der Waals surface area contributed by atoms with E-state index in [1.807, 2.05) is 48.7 Å². The van der Waals surface area contributed by atoms with Gasteiger partial charge in [0.1, 0.15) is 5.65 Å². The second-order valence-corrected chi connectivity index (χ2v) is 8.28. The van der Waals surface area contributed by atoms with E-state index in [0.717, 1.165) is 28.2 Å². The lowest BCUT2D eigenvalue weighted by Crippen LogP contribution is -2.23. The summed E-state index contributed by atoms with van der Waals surface area (Å²) in [6.07, 6.45) is 5.03. The summed E-state index contributed by atoms with van der Waals surface area (Å²) in [5.74, 6) is 0.0249. The van der Waals surface area contributed by atoms with E-state index in [4.69, 9.17) is 16.6 Å². The van der Waals surface area contributed by atoms with Crippen molar-refractivity contribution >= 4 is 34.9 Å². The monoisotopic (exact) mass is 435 g/mol. The molecular weight excluding hydrogens is 414 g/mol. The van der Waals surface area contributed by atoms with Crippen molar-refractivity contribution in [3.05, 3.63) is 89.2 Å². The Bertz CT molecular complexity index is 1150. The number of halogens is 1. The molecule has 30 heavy (non-hydrogen) atoms.